The summed E-state index contributed by atoms with van der Waals surface area (Å²) in [6, 6.07) is 9.64. The number of hydrogen-bond donors (Lipinski definition) is 0. The van der Waals surface area contributed by atoms with E-state index >= 15 is 0 Å². The highest BCUT2D eigenvalue weighted by Crippen LogP contribution is 2.42. The summed E-state index contributed by atoms with van der Waals surface area (Å²) < 4.78 is 13.5. The Bertz CT molecular complexity index is 662. The Morgan fingerprint density at radius 2 is 1.52 bits per heavy atom. The van der Waals surface area contributed by atoms with Crippen LogP contribution in [0.1, 0.15) is 16.5 Å². The van der Waals surface area contributed by atoms with Crippen molar-refractivity contribution in [3.05, 3.63) is 54.9 Å². The molecule has 0 aliphatic carbocycles. The molecule has 6 heteroatoms. The summed E-state index contributed by atoms with van der Waals surface area (Å²) in [6.07, 6.45) is 0. The predicted molar refractivity (Wildman–Crippen MR) is 96.8 cm³/mol. The van der Waals surface area contributed by atoms with E-state index < -0.39 is 0 Å². The summed E-state index contributed by atoms with van der Waals surface area (Å²) in [5.41, 5.74) is 1.81. The molecule has 2 nitrogen and oxygen atoms in total. The monoisotopic (exact) mass is 496 g/mol. The van der Waals surface area contributed by atoms with Crippen molar-refractivity contribution in [3.63, 3.8) is 0 Å². The Morgan fingerprint density at radius 1 is 0.857 bits per heavy atom. The van der Waals surface area contributed by atoms with Crippen LogP contribution in [-0.4, -0.2) is 14.2 Å². The second-order valence-corrected chi connectivity index (χ2v) is 7.32. The molecule has 0 aliphatic heterocycles. The molecule has 2 rings (SSSR count). The molecule has 0 amide bonds. The second-order valence-electron chi connectivity index (χ2n) is 4.26. The molecule has 1 unspecified atom stereocenters. The SMILES string of the molecule is COc1cc(C(Cl)c2ccc(Br)cc2Br)c(OC)cc1Br. The van der Waals surface area contributed by atoms with Crippen molar-refractivity contribution in [2.24, 2.45) is 0 Å². The maximum atomic E-state index is 6.66. The minimum Gasteiger partial charge on any atom is -0.496 e. The first kappa shape index (κ1) is 17.1. The van der Waals surface area contributed by atoms with Gasteiger partial charge in [0.05, 0.1) is 24.1 Å². The summed E-state index contributed by atoms with van der Waals surface area (Å²) in [5, 5.41) is -0.357. The van der Waals surface area contributed by atoms with Gasteiger partial charge in [-0.2, -0.15) is 0 Å². The smallest absolute Gasteiger partial charge is 0.133 e. The first-order valence-corrected chi connectivity index (χ1v) is 8.80. The molecule has 21 heavy (non-hydrogen) atoms. The van der Waals surface area contributed by atoms with Crippen LogP contribution in [0.3, 0.4) is 0 Å². The molecule has 0 bridgehead atoms. The first-order chi connectivity index (χ1) is 9.97. The van der Waals surface area contributed by atoms with Gasteiger partial charge in [0.1, 0.15) is 11.5 Å². The molecule has 0 spiro atoms. The third kappa shape index (κ3) is 3.76. The zero-order valence-corrected chi connectivity index (χ0v) is 16.8. The minimum absolute atomic E-state index is 0.357. The van der Waals surface area contributed by atoms with Gasteiger partial charge in [-0.05, 0) is 45.8 Å². The summed E-state index contributed by atoms with van der Waals surface area (Å²) in [7, 11) is 3.24. The molecule has 0 radical (unpaired) electrons. The van der Waals surface area contributed by atoms with Gasteiger partial charge < -0.3 is 9.47 Å². The molecule has 0 saturated carbocycles. The van der Waals surface area contributed by atoms with Gasteiger partial charge in [-0.15, -0.1) is 11.6 Å². The first-order valence-electron chi connectivity index (χ1n) is 5.98. The van der Waals surface area contributed by atoms with Gasteiger partial charge in [0.15, 0.2) is 0 Å². The van der Waals surface area contributed by atoms with Crippen LogP contribution in [-0.2, 0) is 0 Å². The number of benzene rings is 2. The maximum absolute atomic E-state index is 6.66. The Balaban J connectivity index is 2.53. The normalized spacial score (nSPS) is 12.1. The van der Waals surface area contributed by atoms with Gasteiger partial charge in [0.25, 0.3) is 0 Å². The Hall–Kier alpha value is -0.230. The van der Waals surface area contributed by atoms with E-state index in [1.807, 2.05) is 30.3 Å². The van der Waals surface area contributed by atoms with Crippen molar-refractivity contribution in [2.45, 2.75) is 5.38 Å². The molecule has 0 N–H and O–H groups in total. The lowest BCUT2D eigenvalue weighted by Crippen LogP contribution is -2.00. The number of rotatable bonds is 4. The lowest BCUT2D eigenvalue weighted by atomic mass is 10.0. The molecule has 112 valence electrons. The van der Waals surface area contributed by atoms with Crippen molar-refractivity contribution in [3.8, 4) is 11.5 Å². The van der Waals surface area contributed by atoms with E-state index in [1.54, 1.807) is 14.2 Å². The Kier molecular flexibility index (Phi) is 6.00. The molecular weight excluding hydrogens is 487 g/mol. The number of hydrogen-bond acceptors (Lipinski definition) is 2. The van der Waals surface area contributed by atoms with Gasteiger partial charge in [-0.25, -0.2) is 0 Å². The average molecular weight is 499 g/mol. The van der Waals surface area contributed by atoms with Crippen LogP contribution < -0.4 is 9.47 Å². The summed E-state index contributed by atoms with van der Waals surface area (Å²) in [4.78, 5) is 0. The molecule has 0 saturated heterocycles. The topological polar surface area (TPSA) is 18.5 Å². The van der Waals surface area contributed by atoms with E-state index in [0.717, 1.165) is 24.5 Å². The van der Waals surface area contributed by atoms with E-state index in [-0.39, 0.29) is 5.38 Å². The third-order valence-electron chi connectivity index (χ3n) is 3.01. The number of halogens is 4. The highest BCUT2D eigenvalue weighted by Gasteiger charge is 2.20. The predicted octanol–water partition coefficient (Wildman–Crippen LogP) is 6.32. The van der Waals surface area contributed by atoms with Gasteiger partial charge in [-0.1, -0.05) is 37.9 Å². The van der Waals surface area contributed by atoms with E-state index in [9.17, 15) is 0 Å². The standard InChI is InChI=1S/C15H12Br3ClO2/c1-20-13-7-12(18)14(21-2)6-10(13)15(19)9-4-3-8(16)5-11(9)17/h3-7,15H,1-2H3. The molecule has 1 atom stereocenters. The van der Waals surface area contributed by atoms with Crippen LogP contribution in [0.25, 0.3) is 0 Å². The van der Waals surface area contributed by atoms with Crippen LogP contribution in [0.5, 0.6) is 11.5 Å². The highest BCUT2D eigenvalue weighted by atomic mass is 79.9. The summed E-state index contributed by atoms with van der Waals surface area (Å²) in [5.74, 6) is 1.42. The zero-order valence-electron chi connectivity index (χ0n) is 11.3. The number of ether oxygens (including phenoxy) is 2. The van der Waals surface area contributed by atoms with E-state index in [1.165, 1.54) is 0 Å². The molecule has 0 heterocycles. The van der Waals surface area contributed by atoms with Crippen molar-refractivity contribution in [1.29, 1.82) is 0 Å². The minimum atomic E-state index is -0.357. The molecule has 0 aliphatic rings. The Morgan fingerprint density at radius 3 is 2.10 bits per heavy atom. The van der Waals surface area contributed by atoms with Gasteiger partial charge in [0.2, 0.25) is 0 Å². The molecule has 0 fully saturated rings. The van der Waals surface area contributed by atoms with Crippen molar-refractivity contribution >= 4 is 59.4 Å². The van der Waals surface area contributed by atoms with E-state index in [0.29, 0.717) is 11.5 Å². The van der Waals surface area contributed by atoms with Gasteiger partial charge in [-0.3, -0.25) is 0 Å². The number of methoxy groups -OCH3 is 2. The number of alkyl halides is 1. The maximum Gasteiger partial charge on any atom is 0.133 e. The fourth-order valence-electron chi connectivity index (χ4n) is 1.96. The third-order valence-corrected chi connectivity index (χ3v) is 5.28. The van der Waals surface area contributed by atoms with Crippen molar-refractivity contribution in [2.75, 3.05) is 14.2 Å². The molecule has 2 aromatic carbocycles. The van der Waals surface area contributed by atoms with Crippen LogP contribution in [0, 0.1) is 0 Å². The van der Waals surface area contributed by atoms with Crippen LogP contribution in [0.15, 0.2) is 43.7 Å². The van der Waals surface area contributed by atoms with Gasteiger partial charge in [0, 0.05) is 14.5 Å². The van der Waals surface area contributed by atoms with E-state index in [4.69, 9.17) is 21.1 Å². The largest absolute Gasteiger partial charge is 0.496 e. The van der Waals surface area contributed by atoms with Crippen molar-refractivity contribution in [1.82, 2.24) is 0 Å². The van der Waals surface area contributed by atoms with Gasteiger partial charge >= 0.3 is 0 Å². The fraction of sp³-hybridized carbons (Fsp3) is 0.200. The Labute approximate surface area is 154 Å². The quantitative estimate of drug-likeness (QED) is 0.459. The average Bonchev–Trinajstić information content (AvgIpc) is 2.46. The molecule has 2 aromatic rings. The molecule has 0 aromatic heterocycles. The zero-order chi connectivity index (χ0) is 15.6. The second kappa shape index (κ2) is 7.36. The van der Waals surface area contributed by atoms with Crippen molar-refractivity contribution < 1.29 is 9.47 Å². The van der Waals surface area contributed by atoms with Crippen LogP contribution >= 0.6 is 59.4 Å². The molecular formula is C15H12Br3ClO2. The van der Waals surface area contributed by atoms with Crippen LogP contribution in [0.2, 0.25) is 0 Å². The fourth-order valence-corrected chi connectivity index (χ4v) is 4.21. The van der Waals surface area contributed by atoms with Crippen LogP contribution in [0.4, 0.5) is 0 Å². The summed E-state index contributed by atoms with van der Waals surface area (Å²) >= 11 is 17.1. The lowest BCUT2D eigenvalue weighted by molar-refractivity contribution is 0.397. The summed E-state index contributed by atoms with van der Waals surface area (Å²) in [6.45, 7) is 0. The highest BCUT2D eigenvalue weighted by molar-refractivity contribution is 9.11. The van der Waals surface area contributed by atoms with E-state index in [2.05, 4.69) is 47.8 Å². The lowest BCUT2D eigenvalue weighted by Gasteiger charge is -2.18.